The number of hydrogen-bond acceptors (Lipinski definition) is 1. The van der Waals surface area contributed by atoms with E-state index in [9.17, 15) is 0 Å². The van der Waals surface area contributed by atoms with Crippen molar-refractivity contribution in [2.75, 3.05) is 6.61 Å². The van der Waals surface area contributed by atoms with E-state index in [-0.39, 0.29) is 0 Å². The highest BCUT2D eigenvalue weighted by Crippen LogP contribution is 2.11. The number of aryl methyl sites for hydroxylation is 2. The number of imidazole rings is 1. The van der Waals surface area contributed by atoms with Crippen molar-refractivity contribution in [3.05, 3.63) is 30.6 Å². The third-order valence-corrected chi connectivity index (χ3v) is 3.43. The van der Waals surface area contributed by atoms with Crippen molar-refractivity contribution < 1.29 is 9.67 Å². The van der Waals surface area contributed by atoms with Crippen LogP contribution in [0.1, 0.15) is 32.6 Å². The van der Waals surface area contributed by atoms with E-state index in [2.05, 4.69) is 46.7 Å². The lowest BCUT2D eigenvalue weighted by Crippen LogP contribution is -2.32. The van der Waals surface area contributed by atoms with Gasteiger partial charge in [0.25, 0.3) is 0 Å². The Balaban J connectivity index is 2.04. The molecule has 0 fully saturated rings. The Morgan fingerprint density at radius 2 is 1.89 bits per heavy atom. The van der Waals surface area contributed by atoms with Crippen LogP contribution in [0.5, 0.6) is 0 Å². The van der Waals surface area contributed by atoms with Crippen LogP contribution < -0.4 is 4.57 Å². The SMILES string of the molecule is CCn1c[n+](CCCCCCO)c2ccccc21. The zero-order valence-corrected chi connectivity index (χ0v) is 11.2. The highest BCUT2D eigenvalue weighted by molar-refractivity contribution is 5.71. The topological polar surface area (TPSA) is 29.0 Å². The minimum absolute atomic E-state index is 0.322. The fourth-order valence-electron chi connectivity index (χ4n) is 2.42. The number of para-hydroxylation sites is 2. The van der Waals surface area contributed by atoms with Crippen LogP contribution in [-0.2, 0) is 13.1 Å². The van der Waals surface area contributed by atoms with Gasteiger partial charge in [-0.1, -0.05) is 18.6 Å². The number of hydrogen-bond donors (Lipinski definition) is 1. The Morgan fingerprint density at radius 3 is 2.67 bits per heavy atom. The van der Waals surface area contributed by atoms with E-state index in [1.807, 2.05) is 0 Å². The molecule has 0 radical (unpaired) electrons. The third kappa shape index (κ3) is 2.91. The van der Waals surface area contributed by atoms with Gasteiger partial charge in [-0.3, -0.25) is 0 Å². The van der Waals surface area contributed by atoms with E-state index in [4.69, 9.17) is 5.11 Å². The summed E-state index contributed by atoms with van der Waals surface area (Å²) in [5, 5.41) is 8.75. The molecule has 0 atom stereocenters. The zero-order chi connectivity index (χ0) is 12.8. The van der Waals surface area contributed by atoms with Gasteiger partial charge in [0, 0.05) is 6.61 Å². The highest BCUT2D eigenvalue weighted by Gasteiger charge is 2.12. The number of aliphatic hydroxyl groups excluding tert-OH is 1. The Kier molecular flexibility index (Phi) is 4.76. The summed E-state index contributed by atoms with van der Waals surface area (Å²) in [6.07, 6.45) is 6.66. The van der Waals surface area contributed by atoms with E-state index in [0.29, 0.717) is 6.61 Å². The molecule has 3 nitrogen and oxygen atoms in total. The molecule has 98 valence electrons. The molecule has 0 unspecified atom stereocenters. The second-order valence-corrected chi connectivity index (χ2v) is 4.72. The Labute approximate surface area is 109 Å². The van der Waals surface area contributed by atoms with Gasteiger partial charge in [0.1, 0.15) is 0 Å². The fourth-order valence-corrected chi connectivity index (χ4v) is 2.42. The summed E-state index contributed by atoms with van der Waals surface area (Å²) >= 11 is 0. The molecule has 0 bridgehead atoms. The molecule has 3 heteroatoms. The van der Waals surface area contributed by atoms with Gasteiger partial charge in [-0.25, -0.2) is 9.13 Å². The molecule has 2 aromatic rings. The summed E-state index contributed by atoms with van der Waals surface area (Å²) in [5.74, 6) is 0. The van der Waals surface area contributed by atoms with Gasteiger partial charge in [-0.15, -0.1) is 0 Å². The summed E-state index contributed by atoms with van der Waals surface area (Å²) in [5.41, 5.74) is 2.64. The molecule has 0 aliphatic rings. The van der Waals surface area contributed by atoms with Crippen molar-refractivity contribution in [3.8, 4) is 0 Å². The number of unbranched alkanes of at least 4 members (excludes halogenated alkanes) is 3. The largest absolute Gasteiger partial charge is 0.396 e. The van der Waals surface area contributed by atoms with Gasteiger partial charge in [-0.05, 0) is 38.3 Å². The van der Waals surface area contributed by atoms with Crippen molar-refractivity contribution in [2.45, 2.75) is 45.7 Å². The number of aliphatic hydroxyl groups is 1. The first-order chi connectivity index (χ1) is 8.86. The van der Waals surface area contributed by atoms with Gasteiger partial charge in [0.15, 0.2) is 11.0 Å². The van der Waals surface area contributed by atoms with Gasteiger partial charge >= 0.3 is 0 Å². The summed E-state index contributed by atoms with van der Waals surface area (Å²) < 4.78 is 4.64. The van der Waals surface area contributed by atoms with Crippen LogP contribution in [0.2, 0.25) is 0 Å². The molecule has 1 N–H and O–H groups in total. The van der Waals surface area contributed by atoms with Crippen molar-refractivity contribution >= 4 is 11.0 Å². The summed E-state index contributed by atoms with van der Waals surface area (Å²) in [6.45, 7) is 4.58. The van der Waals surface area contributed by atoms with Crippen molar-refractivity contribution in [1.29, 1.82) is 0 Å². The first-order valence-electron chi connectivity index (χ1n) is 6.95. The molecule has 2 rings (SSSR count). The Hall–Kier alpha value is -1.35. The monoisotopic (exact) mass is 247 g/mol. The summed E-state index contributed by atoms with van der Waals surface area (Å²) in [7, 11) is 0. The molecule has 0 spiro atoms. The van der Waals surface area contributed by atoms with Crippen LogP contribution in [0.25, 0.3) is 11.0 Å². The smallest absolute Gasteiger partial charge is 0.244 e. The van der Waals surface area contributed by atoms with Gasteiger partial charge in [-0.2, -0.15) is 0 Å². The number of aromatic nitrogens is 2. The van der Waals surface area contributed by atoms with Crippen LogP contribution in [0.4, 0.5) is 0 Å². The van der Waals surface area contributed by atoms with Gasteiger partial charge < -0.3 is 5.11 Å². The lowest BCUT2D eigenvalue weighted by molar-refractivity contribution is -0.672. The van der Waals surface area contributed by atoms with Gasteiger partial charge in [0.05, 0.1) is 13.1 Å². The lowest BCUT2D eigenvalue weighted by Gasteiger charge is -1.98. The molecule has 0 saturated heterocycles. The average Bonchev–Trinajstić information content (AvgIpc) is 2.77. The third-order valence-electron chi connectivity index (χ3n) is 3.43. The molecular weight excluding hydrogens is 224 g/mol. The second-order valence-electron chi connectivity index (χ2n) is 4.72. The molecule has 1 aromatic carbocycles. The predicted molar refractivity (Wildman–Crippen MR) is 73.4 cm³/mol. The van der Waals surface area contributed by atoms with E-state index < -0.39 is 0 Å². The maximum Gasteiger partial charge on any atom is 0.244 e. The van der Waals surface area contributed by atoms with Crippen LogP contribution in [-0.4, -0.2) is 16.3 Å². The molecule has 1 heterocycles. The van der Waals surface area contributed by atoms with E-state index in [0.717, 1.165) is 25.9 Å². The first kappa shape index (κ1) is 13.1. The fraction of sp³-hybridized carbons (Fsp3) is 0.533. The molecule has 18 heavy (non-hydrogen) atoms. The minimum atomic E-state index is 0.322. The van der Waals surface area contributed by atoms with Gasteiger partial charge in [0.2, 0.25) is 6.33 Å². The first-order valence-corrected chi connectivity index (χ1v) is 6.95. The van der Waals surface area contributed by atoms with Crippen LogP contribution in [0.15, 0.2) is 30.6 Å². The molecule has 0 amide bonds. The van der Waals surface area contributed by atoms with Crippen molar-refractivity contribution in [3.63, 3.8) is 0 Å². The van der Waals surface area contributed by atoms with E-state index in [1.165, 1.54) is 23.9 Å². The number of fused-ring (bicyclic) bond motifs is 1. The Bertz CT molecular complexity index is 490. The number of rotatable bonds is 7. The quantitative estimate of drug-likeness (QED) is 0.591. The van der Waals surface area contributed by atoms with Crippen LogP contribution in [0.3, 0.4) is 0 Å². The normalized spacial score (nSPS) is 11.2. The molecule has 0 aliphatic heterocycles. The Morgan fingerprint density at radius 1 is 1.11 bits per heavy atom. The van der Waals surface area contributed by atoms with Crippen molar-refractivity contribution in [1.82, 2.24) is 4.57 Å². The lowest BCUT2D eigenvalue weighted by atomic mass is 10.2. The highest BCUT2D eigenvalue weighted by atomic mass is 16.2. The molecular formula is C15H23N2O+. The summed E-state index contributed by atoms with van der Waals surface area (Å²) in [6, 6.07) is 8.57. The van der Waals surface area contributed by atoms with E-state index in [1.54, 1.807) is 0 Å². The summed E-state index contributed by atoms with van der Waals surface area (Å²) in [4.78, 5) is 0. The minimum Gasteiger partial charge on any atom is -0.396 e. The maximum atomic E-state index is 8.75. The number of nitrogens with zero attached hydrogens (tertiary/aromatic N) is 2. The molecule has 0 aliphatic carbocycles. The van der Waals surface area contributed by atoms with Crippen LogP contribution in [0, 0.1) is 0 Å². The zero-order valence-electron chi connectivity index (χ0n) is 11.2. The number of benzene rings is 1. The average molecular weight is 247 g/mol. The molecule has 0 saturated carbocycles. The predicted octanol–water partition coefficient (Wildman–Crippen LogP) is 2.50. The van der Waals surface area contributed by atoms with Crippen molar-refractivity contribution in [2.24, 2.45) is 0 Å². The standard InChI is InChI=1S/C15H23N2O/c1-2-16-13-17(11-7-3-4-8-12-18)15-10-6-5-9-14(15)16/h5-6,9-10,13,18H,2-4,7-8,11-12H2,1H3/q+1. The second kappa shape index (κ2) is 6.55. The molecule has 1 aromatic heterocycles. The maximum absolute atomic E-state index is 8.75. The van der Waals surface area contributed by atoms with Crippen LogP contribution >= 0.6 is 0 Å². The van der Waals surface area contributed by atoms with E-state index >= 15 is 0 Å².